The van der Waals surface area contributed by atoms with Gasteiger partial charge < -0.3 is 20.3 Å². The molecule has 12 heteroatoms. The first-order valence-corrected chi connectivity index (χ1v) is 17.3. The molecule has 5 fully saturated rings. The van der Waals surface area contributed by atoms with Gasteiger partial charge in [0.25, 0.3) is 5.91 Å². The molecule has 2 aromatic carbocycles. The molecule has 1 atom stereocenters. The van der Waals surface area contributed by atoms with Crippen molar-refractivity contribution in [3.63, 3.8) is 0 Å². The number of aliphatic imine (C=N–C) groups is 1. The van der Waals surface area contributed by atoms with E-state index in [9.17, 15) is 24.0 Å². The first kappa shape index (κ1) is 32.8. The summed E-state index contributed by atoms with van der Waals surface area (Å²) in [5.41, 5.74) is 8.01. The number of benzene rings is 2. The molecule has 1 aliphatic carbocycles. The third-order valence-electron chi connectivity index (χ3n) is 10.6. The van der Waals surface area contributed by atoms with E-state index < -0.39 is 23.0 Å². The van der Waals surface area contributed by atoms with Crippen LogP contribution in [0.1, 0.15) is 75.2 Å². The zero-order valence-electron chi connectivity index (χ0n) is 28.4. The van der Waals surface area contributed by atoms with E-state index >= 15 is 0 Å². The monoisotopic (exact) mass is 668 g/mol. The third-order valence-corrected chi connectivity index (χ3v) is 10.6. The van der Waals surface area contributed by atoms with Crippen LogP contribution in [-0.4, -0.2) is 89.6 Å². The number of nitrogens with one attached hydrogen (secondary N) is 1. The average Bonchev–Trinajstić information content (AvgIpc) is 3.34. The van der Waals surface area contributed by atoms with Gasteiger partial charge in [-0.3, -0.25) is 34.4 Å². The molecule has 2 bridgehead atoms. The predicted octanol–water partition coefficient (Wildman–Crippen LogP) is 3.70. The Morgan fingerprint density at radius 2 is 1.82 bits per heavy atom. The van der Waals surface area contributed by atoms with Gasteiger partial charge >= 0.3 is 6.09 Å². The molecule has 1 saturated carbocycles. The number of amides is 5. The zero-order valence-corrected chi connectivity index (χ0v) is 28.4. The van der Waals surface area contributed by atoms with E-state index in [2.05, 4.69) is 5.32 Å². The van der Waals surface area contributed by atoms with E-state index in [4.69, 9.17) is 15.5 Å². The molecular weight excluding hydrogens is 624 g/mol. The zero-order chi connectivity index (χ0) is 34.7. The molecule has 0 spiro atoms. The topological polar surface area (TPSA) is 155 Å². The first-order chi connectivity index (χ1) is 23.4. The Hall–Kier alpha value is -4.74. The molecule has 2 aromatic rings. The molecule has 5 heterocycles. The number of ether oxygens (including phenoxy) is 1. The maximum absolute atomic E-state index is 13.7. The van der Waals surface area contributed by atoms with Crippen LogP contribution in [-0.2, 0) is 25.5 Å². The second kappa shape index (κ2) is 12.3. The van der Waals surface area contributed by atoms with Gasteiger partial charge in [-0.1, -0.05) is 18.2 Å². The number of imide groups is 1. The van der Waals surface area contributed by atoms with Gasteiger partial charge in [0.2, 0.25) is 17.7 Å². The molecule has 49 heavy (non-hydrogen) atoms. The molecule has 5 aliphatic heterocycles. The number of anilines is 1. The van der Waals surface area contributed by atoms with E-state index in [0.717, 1.165) is 47.6 Å². The Bertz CT molecular complexity index is 1800. The highest BCUT2D eigenvalue weighted by atomic mass is 16.6. The highest BCUT2D eigenvalue weighted by Crippen LogP contribution is 2.52. The molecule has 258 valence electrons. The number of hydrogen-bond acceptors (Lipinski definition) is 8. The number of piperidine rings is 4. The van der Waals surface area contributed by atoms with Crippen molar-refractivity contribution in [1.82, 2.24) is 15.1 Å². The number of allylic oxidation sites excluding steroid dienone is 1. The van der Waals surface area contributed by atoms with Crippen molar-refractivity contribution in [2.75, 3.05) is 31.1 Å². The first-order valence-electron chi connectivity index (χ1n) is 17.3. The van der Waals surface area contributed by atoms with Crippen LogP contribution < -0.4 is 16.0 Å². The average molecular weight is 669 g/mol. The van der Waals surface area contributed by atoms with E-state index in [1.807, 2.05) is 56.2 Å². The Balaban J connectivity index is 0.983. The predicted molar refractivity (Wildman–Crippen MR) is 184 cm³/mol. The van der Waals surface area contributed by atoms with E-state index in [-0.39, 0.29) is 42.7 Å². The summed E-state index contributed by atoms with van der Waals surface area (Å²) in [6.45, 7) is 7.87. The second-order valence-corrected chi connectivity index (χ2v) is 15.2. The van der Waals surface area contributed by atoms with Gasteiger partial charge in [0.1, 0.15) is 11.6 Å². The van der Waals surface area contributed by atoms with Crippen molar-refractivity contribution in [3.8, 4) is 0 Å². The van der Waals surface area contributed by atoms with Crippen molar-refractivity contribution in [2.24, 2.45) is 22.1 Å². The number of rotatable bonds is 6. The third kappa shape index (κ3) is 6.06. The highest BCUT2D eigenvalue weighted by Gasteiger charge is 2.57. The Labute approximate surface area is 285 Å². The summed E-state index contributed by atoms with van der Waals surface area (Å²) in [5.74, 6) is -0.532. The minimum atomic E-state index is -0.736. The molecule has 4 saturated heterocycles. The maximum Gasteiger partial charge on any atom is 0.410 e. The molecule has 6 aliphatic rings. The van der Waals surface area contributed by atoms with Crippen LogP contribution in [0.25, 0.3) is 10.8 Å². The summed E-state index contributed by atoms with van der Waals surface area (Å²) in [7, 11) is 0. The number of fused-ring (bicyclic) bond motifs is 2. The highest BCUT2D eigenvalue weighted by molar-refractivity contribution is 6.27. The lowest BCUT2D eigenvalue weighted by Gasteiger charge is -2.56. The number of hydrogen-bond donors (Lipinski definition) is 2. The Morgan fingerprint density at radius 1 is 1.06 bits per heavy atom. The smallest absolute Gasteiger partial charge is 0.410 e. The fraction of sp³-hybridized carbons (Fsp3) is 0.514. The molecule has 3 N–H and O–H groups in total. The molecular formula is C37H44N6O6. The lowest BCUT2D eigenvalue weighted by molar-refractivity contribution is -0.161. The van der Waals surface area contributed by atoms with Crippen LogP contribution in [0.5, 0.6) is 0 Å². The summed E-state index contributed by atoms with van der Waals surface area (Å²) < 4.78 is 5.59. The molecule has 12 nitrogen and oxygen atoms in total. The van der Waals surface area contributed by atoms with Crippen LogP contribution in [0.15, 0.2) is 47.1 Å². The lowest BCUT2D eigenvalue weighted by Crippen LogP contribution is -2.64. The van der Waals surface area contributed by atoms with E-state index in [0.29, 0.717) is 49.8 Å². The number of likely N-dealkylation sites (tertiary alicyclic amines) is 1. The molecule has 1 unspecified atom stereocenters. The lowest BCUT2D eigenvalue weighted by atomic mass is 9.58. The summed E-state index contributed by atoms with van der Waals surface area (Å²) in [5, 5.41) is 4.07. The largest absolute Gasteiger partial charge is 0.444 e. The van der Waals surface area contributed by atoms with Gasteiger partial charge in [0.15, 0.2) is 0 Å². The fourth-order valence-corrected chi connectivity index (χ4v) is 8.33. The summed E-state index contributed by atoms with van der Waals surface area (Å²) in [6, 6.07) is 8.74. The number of carbonyl (C=O) groups excluding carboxylic acids is 5. The molecule has 0 aromatic heterocycles. The van der Waals surface area contributed by atoms with Crippen LogP contribution >= 0.6 is 0 Å². The summed E-state index contributed by atoms with van der Waals surface area (Å²) >= 11 is 0. The molecule has 5 amide bonds. The minimum Gasteiger partial charge on any atom is -0.444 e. The Kier molecular flexibility index (Phi) is 8.23. The van der Waals surface area contributed by atoms with Gasteiger partial charge in [0, 0.05) is 56.2 Å². The van der Waals surface area contributed by atoms with E-state index in [1.54, 1.807) is 17.2 Å². The van der Waals surface area contributed by atoms with Crippen LogP contribution in [0.3, 0.4) is 0 Å². The standard InChI is InChI=1S/C37H44N6O6/c1-36(2,3)49-35(48)42-20-23-16-37(17-23,21-42)34(47)41-13-11-25(12-14-41)39-19-22(18-38)15-24-7-8-28-31-26(24)5-4-6-27(31)33(46)43(28)29-9-10-30(44)40-32(29)45/h4-8,18-19,23,25,29H,9-17,20-21,38H2,1-3H3,(H,40,44,45). The van der Waals surface area contributed by atoms with Crippen molar-refractivity contribution >= 4 is 52.4 Å². The summed E-state index contributed by atoms with van der Waals surface area (Å²) in [4.78, 5) is 74.4. The van der Waals surface area contributed by atoms with Crippen molar-refractivity contribution in [3.05, 3.63) is 53.2 Å². The second-order valence-electron chi connectivity index (χ2n) is 15.2. The van der Waals surface area contributed by atoms with Gasteiger partial charge in [-0.2, -0.15) is 0 Å². The number of carbonyl (C=O) groups is 5. The molecule has 8 rings (SSSR count). The van der Waals surface area contributed by atoms with Crippen molar-refractivity contribution < 1.29 is 28.7 Å². The summed E-state index contributed by atoms with van der Waals surface area (Å²) in [6.07, 6.45) is 7.15. The number of nitrogens with zero attached hydrogens (tertiary/aromatic N) is 4. The minimum absolute atomic E-state index is 0.0581. The van der Waals surface area contributed by atoms with Crippen LogP contribution in [0.2, 0.25) is 0 Å². The maximum atomic E-state index is 13.7. The molecule has 0 radical (unpaired) electrons. The normalized spacial score (nSPS) is 26.0. The van der Waals surface area contributed by atoms with Crippen molar-refractivity contribution in [2.45, 2.75) is 83.4 Å². The number of nitrogens with two attached hydrogens (primary N) is 1. The van der Waals surface area contributed by atoms with E-state index in [1.165, 1.54) is 4.90 Å². The van der Waals surface area contributed by atoms with Gasteiger partial charge in [-0.25, -0.2) is 4.79 Å². The SMILES string of the molecule is CC(C)(C)OC(=O)N1CC2CC(C(=O)N3CCC(N=CC(=CN)Cc4ccc5c6c(cccc46)C(=O)N5C4CCC(=O)NC4=O)CC3)(C2)C1. The quantitative estimate of drug-likeness (QED) is 0.352. The fourth-order valence-electron chi connectivity index (χ4n) is 8.33. The van der Waals surface area contributed by atoms with Crippen molar-refractivity contribution in [1.29, 1.82) is 0 Å². The van der Waals surface area contributed by atoms with Crippen LogP contribution in [0, 0.1) is 11.3 Å². The Morgan fingerprint density at radius 3 is 2.51 bits per heavy atom. The van der Waals surface area contributed by atoms with Crippen LogP contribution in [0.4, 0.5) is 10.5 Å². The van der Waals surface area contributed by atoms with Gasteiger partial charge in [0.05, 0.1) is 17.1 Å². The van der Waals surface area contributed by atoms with Gasteiger partial charge in [-0.15, -0.1) is 0 Å². The van der Waals surface area contributed by atoms with Gasteiger partial charge in [-0.05, 0) is 93.6 Å².